The van der Waals surface area contributed by atoms with Crippen LogP contribution in [0.2, 0.25) is 0 Å². The fourth-order valence-electron chi connectivity index (χ4n) is 0.991. The topological polar surface area (TPSA) is 78.4 Å². The van der Waals surface area contributed by atoms with Crippen molar-refractivity contribution < 1.29 is 19.1 Å². The lowest BCUT2D eigenvalue weighted by Gasteiger charge is -2.07. The average Bonchev–Trinajstić information content (AvgIpc) is 2.17. The fourth-order valence-corrected chi connectivity index (χ4v) is 0.991. The predicted octanol–water partition coefficient (Wildman–Crippen LogP) is 1.28. The van der Waals surface area contributed by atoms with Crippen LogP contribution in [0.1, 0.15) is 10.4 Å². The molecule has 0 aromatic heterocycles. The van der Waals surface area contributed by atoms with E-state index in [-0.39, 0.29) is 11.3 Å². The maximum absolute atomic E-state index is 12.8. The van der Waals surface area contributed by atoms with Gasteiger partial charge in [-0.3, -0.25) is 0 Å². The van der Waals surface area contributed by atoms with Crippen molar-refractivity contribution in [2.24, 2.45) is 0 Å². The Balaban J connectivity index is 3.07. The Kier molecular flexibility index (Phi) is 3.22. The number of urea groups is 1. The molecule has 0 atom stereocenters. The first-order valence-electron chi connectivity index (χ1n) is 4.06. The van der Waals surface area contributed by atoms with Crippen LogP contribution < -0.4 is 10.6 Å². The Morgan fingerprint density at radius 2 is 2.07 bits per heavy atom. The van der Waals surface area contributed by atoms with Gasteiger partial charge in [-0.05, 0) is 18.2 Å². The molecule has 5 nitrogen and oxygen atoms in total. The minimum atomic E-state index is -1.23. The fraction of sp³-hybridized carbons (Fsp3) is 0.111. The summed E-state index contributed by atoms with van der Waals surface area (Å²) in [6.07, 6.45) is 0. The number of aromatic carboxylic acids is 1. The van der Waals surface area contributed by atoms with Crippen LogP contribution in [-0.4, -0.2) is 24.2 Å². The first-order chi connectivity index (χ1) is 7.04. The van der Waals surface area contributed by atoms with Crippen LogP contribution in [0.15, 0.2) is 18.2 Å². The number of anilines is 1. The molecule has 0 heterocycles. The highest BCUT2D eigenvalue weighted by Crippen LogP contribution is 2.16. The van der Waals surface area contributed by atoms with Crippen molar-refractivity contribution in [3.05, 3.63) is 29.6 Å². The molecular formula is C9H9FN2O3. The van der Waals surface area contributed by atoms with Gasteiger partial charge in [0.1, 0.15) is 5.82 Å². The number of halogens is 1. The Bertz CT molecular complexity index is 406. The zero-order chi connectivity index (χ0) is 11.4. The van der Waals surface area contributed by atoms with Crippen molar-refractivity contribution in [1.82, 2.24) is 5.32 Å². The molecule has 15 heavy (non-hydrogen) atoms. The van der Waals surface area contributed by atoms with Gasteiger partial charge in [0.2, 0.25) is 0 Å². The number of hydrogen-bond acceptors (Lipinski definition) is 2. The molecule has 0 saturated carbocycles. The molecule has 1 rings (SSSR count). The van der Waals surface area contributed by atoms with E-state index in [1.165, 1.54) is 7.05 Å². The lowest BCUT2D eigenvalue weighted by Crippen LogP contribution is -2.25. The SMILES string of the molecule is CNC(=O)Nc1cc(F)ccc1C(=O)O. The first-order valence-corrected chi connectivity index (χ1v) is 4.06. The quantitative estimate of drug-likeness (QED) is 0.690. The molecule has 0 aliphatic carbocycles. The normalized spacial score (nSPS) is 9.47. The highest BCUT2D eigenvalue weighted by Gasteiger charge is 2.12. The standard InChI is InChI=1S/C9H9FN2O3/c1-11-9(15)12-7-4-5(10)2-3-6(7)8(13)14/h2-4H,1H3,(H,13,14)(H2,11,12,15). The van der Waals surface area contributed by atoms with E-state index in [9.17, 15) is 14.0 Å². The first kappa shape index (κ1) is 11.0. The summed E-state index contributed by atoms with van der Waals surface area (Å²) in [4.78, 5) is 21.6. The summed E-state index contributed by atoms with van der Waals surface area (Å²) in [5, 5.41) is 13.2. The van der Waals surface area contributed by atoms with Crippen LogP contribution >= 0.6 is 0 Å². The average molecular weight is 212 g/mol. The highest BCUT2D eigenvalue weighted by molar-refractivity contribution is 5.99. The van der Waals surface area contributed by atoms with E-state index in [1.807, 2.05) is 0 Å². The molecule has 80 valence electrons. The van der Waals surface area contributed by atoms with Crippen molar-refractivity contribution in [2.45, 2.75) is 0 Å². The van der Waals surface area contributed by atoms with Crippen LogP contribution in [0.25, 0.3) is 0 Å². The number of carbonyl (C=O) groups is 2. The van der Waals surface area contributed by atoms with E-state index < -0.39 is 17.8 Å². The van der Waals surface area contributed by atoms with Crippen LogP contribution in [0.4, 0.5) is 14.9 Å². The maximum Gasteiger partial charge on any atom is 0.337 e. The Labute approximate surface area is 84.9 Å². The molecule has 0 aliphatic rings. The van der Waals surface area contributed by atoms with Gasteiger partial charge in [0.05, 0.1) is 11.3 Å². The van der Waals surface area contributed by atoms with Gasteiger partial charge >= 0.3 is 12.0 Å². The molecule has 0 saturated heterocycles. The summed E-state index contributed by atoms with van der Waals surface area (Å²) in [5.41, 5.74) is -0.248. The number of hydrogen-bond donors (Lipinski definition) is 3. The largest absolute Gasteiger partial charge is 0.478 e. The summed E-state index contributed by atoms with van der Waals surface area (Å²) in [5.74, 6) is -1.85. The number of carbonyl (C=O) groups excluding carboxylic acids is 1. The van der Waals surface area contributed by atoms with Crippen molar-refractivity contribution >= 4 is 17.7 Å². The molecule has 2 amide bonds. The third kappa shape index (κ3) is 2.67. The minimum absolute atomic E-state index is 0.0816. The third-order valence-corrected chi connectivity index (χ3v) is 1.69. The summed E-state index contributed by atoms with van der Waals surface area (Å²) in [6, 6.07) is 2.43. The summed E-state index contributed by atoms with van der Waals surface area (Å²) in [7, 11) is 1.37. The number of carboxylic acids is 1. The molecule has 6 heteroatoms. The maximum atomic E-state index is 12.8. The van der Waals surface area contributed by atoms with E-state index in [1.54, 1.807) is 0 Å². The van der Waals surface area contributed by atoms with Gasteiger partial charge in [0.25, 0.3) is 0 Å². The summed E-state index contributed by atoms with van der Waals surface area (Å²) >= 11 is 0. The van der Waals surface area contributed by atoms with Gasteiger partial charge in [0.15, 0.2) is 0 Å². The van der Waals surface area contributed by atoms with Crippen molar-refractivity contribution in [2.75, 3.05) is 12.4 Å². The molecule has 1 aromatic rings. The molecule has 0 unspecified atom stereocenters. The van der Waals surface area contributed by atoms with Crippen molar-refractivity contribution in [1.29, 1.82) is 0 Å². The smallest absolute Gasteiger partial charge is 0.337 e. The molecule has 0 spiro atoms. The van der Waals surface area contributed by atoms with Gasteiger partial charge in [-0.2, -0.15) is 0 Å². The highest BCUT2D eigenvalue weighted by atomic mass is 19.1. The monoisotopic (exact) mass is 212 g/mol. The lowest BCUT2D eigenvalue weighted by atomic mass is 10.2. The van der Waals surface area contributed by atoms with E-state index in [4.69, 9.17) is 5.11 Å². The molecule has 1 aromatic carbocycles. The van der Waals surface area contributed by atoms with E-state index >= 15 is 0 Å². The second kappa shape index (κ2) is 4.41. The van der Waals surface area contributed by atoms with E-state index in [0.29, 0.717) is 0 Å². The molecular weight excluding hydrogens is 203 g/mol. The molecule has 3 N–H and O–H groups in total. The Morgan fingerprint density at radius 1 is 1.40 bits per heavy atom. The number of rotatable bonds is 2. The van der Waals surface area contributed by atoms with Crippen molar-refractivity contribution in [3.8, 4) is 0 Å². The lowest BCUT2D eigenvalue weighted by molar-refractivity contribution is 0.0698. The Morgan fingerprint density at radius 3 is 2.60 bits per heavy atom. The summed E-state index contributed by atoms with van der Waals surface area (Å²) in [6.45, 7) is 0. The second-order valence-electron chi connectivity index (χ2n) is 2.70. The third-order valence-electron chi connectivity index (χ3n) is 1.69. The van der Waals surface area contributed by atoms with Gasteiger partial charge < -0.3 is 15.7 Å². The van der Waals surface area contributed by atoms with Gasteiger partial charge in [-0.1, -0.05) is 0 Å². The predicted molar refractivity (Wildman–Crippen MR) is 51.4 cm³/mol. The van der Waals surface area contributed by atoms with E-state index in [0.717, 1.165) is 18.2 Å². The molecule has 0 bridgehead atoms. The number of carboxylic acid groups (broad SMARTS) is 1. The number of benzene rings is 1. The zero-order valence-corrected chi connectivity index (χ0v) is 7.87. The van der Waals surface area contributed by atoms with Crippen molar-refractivity contribution in [3.63, 3.8) is 0 Å². The van der Waals surface area contributed by atoms with Gasteiger partial charge in [-0.25, -0.2) is 14.0 Å². The molecule has 0 fully saturated rings. The number of nitrogens with one attached hydrogen (secondary N) is 2. The Hall–Kier alpha value is -2.11. The van der Waals surface area contributed by atoms with Crippen LogP contribution in [0, 0.1) is 5.82 Å². The van der Waals surface area contributed by atoms with Crippen LogP contribution in [0.3, 0.4) is 0 Å². The van der Waals surface area contributed by atoms with Crippen LogP contribution in [-0.2, 0) is 0 Å². The second-order valence-corrected chi connectivity index (χ2v) is 2.70. The number of amides is 2. The van der Waals surface area contributed by atoms with Gasteiger partial charge in [-0.15, -0.1) is 0 Å². The molecule has 0 aliphatic heterocycles. The molecule has 0 radical (unpaired) electrons. The van der Waals surface area contributed by atoms with Gasteiger partial charge in [0, 0.05) is 7.05 Å². The van der Waals surface area contributed by atoms with E-state index in [2.05, 4.69) is 10.6 Å². The van der Waals surface area contributed by atoms with Crippen LogP contribution in [0.5, 0.6) is 0 Å². The zero-order valence-electron chi connectivity index (χ0n) is 7.87. The minimum Gasteiger partial charge on any atom is -0.478 e. The summed E-state index contributed by atoms with van der Waals surface area (Å²) < 4.78 is 12.8.